The fourth-order valence-corrected chi connectivity index (χ4v) is 3.38. The van der Waals surface area contributed by atoms with Crippen LogP contribution in [0.3, 0.4) is 0 Å². The van der Waals surface area contributed by atoms with E-state index in [4.69, 9.17) is 10.8 Å². The molecular weight excluding hydrogens is 240 g/mol. The minimum absolute atomic E-state index is 0.0395. The highest BCUT2D eigenvalue weighted by atomic mass is 16.3. The highest BCUT2D eigenvalue weighted by molar-refractivity contribution is 4.96. The van der Waals surface area contributed by atoms with Crippen molar-refractivity contribution in [2.45, 2.75) is 64.0 Å². The molecule has 1 aliphatic rings. The largest absolute Gasteiger partial charge is 0.394 e. The van der Waals surface area contributed by atoms with Crippen LogP contribution in [0.4, 0.5) is 0 Å². The van der Waals surface area contributed by atoms with Gasteiger partial charge in [0.05, 0.1) is 12.7 Å². The quantitative estimate of drug-likeness (QED) is 0.624. The number of rotatable bonds is 8. The summed E-state index contributed by atoms with van der Waals surface area (Å²) in [6.45, 7) is 6.39. The molecule has 4 heteroatoms. The summed E-state index contributed by atoms with van der Waals surface area (Å²) in [4.78, 5) is 2.33. The lowest BCUT2D eigenvalue weighted by Crippen LogP contribution is -2.58. The van der Waals surface area contributed by atoms with Crippen molar-refractivity contribution in [3.8, 4) is 0 Å². The zero-order valence-corrected chi connectivity index (χ0v) is 12.6. The van der Waals surface area contributed by atoms with Gasteiger partial charge in [-0.05, 0) is 44.6 Å². The van der Waals surface area contributed by atoms with Crippen LogP contribution in [-0.2, 0) is 0 Å². The molecule has 0 aromatic heterocycles. The first kappa shape index (κ1) is 16.9. The molecule has 0 heterocycles. The number of aliphatic hydroxyl groups is 2. The Morgan fingerprint density at radius 1 is 1.32 bits per heavy atom. The fourth-order valence-electron chi connectivity index (χ4n) is 3.38. The van der Waals surface area contributed by atoms with Crippen molar-refractivity contribution in [1.29, 1.82) is 0 Å². The molecule has 0 spiro atoms. The van der Waals surface area contributed by atoms with Crippen molar-refractivity contribution in [2.75, 3.05) is 26.2 Å². The minimum atomic E-state index is -0.654. The summed E-state index contributed by atoms with van der Waals surface area (Å²) in [7, 11) is 0. The SMILES string of the molecule is CCCN(CC(O)CO)C1(CN)CCC(CC)CC1. The van der Waals surface area contributed by atoms with Gasteiger partial charge in [0.15, 0.2) is 0 Å². The van der Waals surface area contributed by atoms with Crippen molar-refractivity contribution in [3.05, 3.63) is 0 Å². The molecule has 0 aromatic rings. The second-order valence-electron chi connectivity index (χ2n) is 6.06. The average Bonchev–Trinajstić information content (AvgIpc) is 2.46. The maximum absolute atomic E-state index is 9.76. The van der Waals surface area contributed by atoms with E-state index in [9.17, 15) is 5.11 Å². The van der Waals surface area contributed by atoms with Gasteiger partial charge < -0.3 is 15.9 Å². The number of hydrogen-bond donors (Lipinski definition) is 3. The lowest BCUT2D eigenvalue weighted by Gasteiger charge is -2.48. The van der Waals surface area contributed by atoms with Crippen LogP contribution >= 0.6 is 0 Å². The van der Waals surface area contributed by atoms with Crippen LogP contribution in [-0.4, -0.2) is 53.0 Å². The predicted octanol–water partition coefficient (Wildman–Crippen LogP) is 1.35. The van der Waals surface area contributed by atoms with E-state index in [-0.39, 0.29) is 12.1 Å². The fraction of sp³-hybridized carbons (Fsp3) is 1.00. The van der Waals surface area contributed by atoms with E-state index in [1.165, 1.54) is 19.3 Å². The molecule has 1 fully saturated rings. The van der Waals surface area contributed by atoms with Crippen LogP contribution in [0.2, 0.25) is 0 Å². The molecule has 1 rings (SSSR count). The molecule has 1 unspecified atom stereocenters. The van der Waals surface area contributed by atoms with Gasteiger partial charge >= 0.3 is 0 Å². The Morgan fingerprint density at radius 3 is 2.37 bits per heavy atom. The number of hydrogen-bond acceptors (Lipinski definition) is 4. The minimum Gasteiger partial charge on any atom is -0.394 e. The zero-order valence-electron chi connectivity index (χ0n) is 12.6. The van der Waals surface area contributed by atoms with Crippen LogP contribution in [0, 0.1) is 5.92 Å². The van der Waals surface area contributed by atoms with Gasteiger partial charge in [-0.2, -0.15) is 0 Å². The molecule has 0 aliphatic heterocycles. The molecular formula is C15H32N2O2. The smallest absolute Gasteiger partial charge is 0.0897 e. The van der Waals surface area contributed by atoms with E-state index in [2.05, 4.69) is 18.7 Å². The van der Waals surface area contributed by atoms with Gasteiger partial charge in [0, 0.05) is 18.6 Å². The zero-order chi connectivity index (χ0) is 14.3. The normalized spacial score (nSPS) is 29.7. The summed E-state index contributed by atoms with van der Waals surface area (Å²) >= 11 is 0. The van der Waals surface area contributed by atoms with E-state index in [0.717, 1.165) is 31.7 Å². The third-order valence-electron chi connectivity index (χ3n) is 4.80. The number of β-amino-alcohol motifs (C(OH)–C–C–N with tert-alkyl or cyclic N) is 1. The maximum Gasteiger partial charge on any atom is 0.0897 e. The molecule has 114 valence electrons. The van der Waals surface area contributed by atoms with Gasteiger partial charge in [-0.1, -0.05) is 20.3 Å². The Kier molecular flexibility index (Phi) is 7.29. The Balaban J connectivity index is 2.72. The van der Waals surface area contributed by atoms with Gasteiger partial charge in [-0.25, -0.2) is 0 Å². The van der Waals surface area contributed by atoms with Crippen molar-refractivity contribution in [1.82, 2.24) is 4.90 Å². The molecule has 1 atom stereocenters. The van der Waals surface area contributed by atoms with Crippen LogP contribution in [0.25, 0.3) is 0 Å². The average molecular weight is 272 g/mol. The molecule has 0 saturated heterocycles. The van der Waals surface area contributed by atoms with Gasteiger partial charge in [-0.3, -0.25) is 4.90 Å². The van der Waals surface area contributed by atoms with Crippen LogP contribution in [0.5, 0.6) is 0 Å². The highest BCUT2D eigenvalue weighted by Gasteiger charge is 2.39. The Labute approximate surface area is 118 Å². The highest BCUT2D eigenvalue weighted by Crippen LogP contribution is 2.37. The Morgan fingerprint density at radius 2 is 1.95 bits per heavy atom. The Bertz CT molecular complexity index is 240. The summed E-state index contributed by atoms with van der Waals surface area (Å²) in [6.07, 6.45) is 6.39. The molecule has 0 bridgehead atoms. The van der Waals surface area contributed by atoms with E-state index in [0.29, 0.717) is 13.1 Å². The second-order valence-corrected chi connectivity index (χ2v) is 6.06. The van der Waals surface area contributed by atoms with E-state index in [1.807, 2.05) is 0 Å². The summed E-state index contributed by atoms with van der Waals surface area (Å²) in [5.41, 5.74) is 6.13. The molecule has 0 amide bonds. The van der Waals surface area contributed by atoms with Crippen LogP contribution in [0.15, 0.2) is 0 Å². The first-order chi connectivity index (χ1) is 9.11. The molecule has 1 aliphatic carbocycles. The van der Waals surface area contributed by atoms with E-state index < -0.39 is 6.10 Å². The number of nitrogens with zero attached hydrogens (tertiary/aromatic N) is 1. The Hall–Kier alpha value is -0.160. The molecule has 4 N–H and O–H groups in total. The number of nitrogens with two attached hydrogens (primary N) is 1. The summed E-state index contributed by atoms with van der Waals surface area (Å²) in [5.74, 6) is 0.839. The lowest BCUT2D eigenvalue weighted by molar-refractivity contribution is -0.0104. The standard InChI is InChI=1S/C15H32N2O2/c1-3-9-17(10-14(19)11-18)15(12-16)7-5-13(4-2)6-8-15/h13-14,18-19H,3-12,16H2,1-2H3. The molecule has 0 aromatic carbocycles. The monoisotopic (exact) mass is 272 g/mol. The first-order valence-corrected chi connectivity index (χ1v) is 7.85. The molecule has 19 heavy (non-hydrogen) atoms. The van der Waals surface area contributed by atoms with Gasteiger partial charge in [0.25, 0.3) is 0 Å². The van der Waals surface area contributed by atoms with Crippen LogP contribution in [0.1, 0.15) is 52.4 Å². The summed E-state index contributed by atoms with van der Waals surface area (Å²) < 4.78 is 0. The van der Waals surface area contributed by atoms with Crippen LogP contribution < -0.4 is 5.73 Å². The van der Waals surface area contributed by atoms with Crippen molar-refractivity contribution in [2.24, 2.45) is 11.7 Å². The second kappa shape index (κ2) is 8.20. The summed E-state index contributed by atoms with van der Waals surface area (Å²) in [6, 6.07) is 0. The topological polar surface area (TPSA) is 69.7 Å². The molecule has 0 radical (unpaired) electrons. The van der Waals surface area contributed by atoms with Crippen molar-refractivity contribution < 1.29 is 10.2 Å². The van der Waals surface area contributed by atoms with Gasteiger partial charge in [-0.15, -0.1) is 0 Å². The first-order valence-electron chi connectivity index (χ1n) is 7.85. The lowest BCUT2D eigenvalue weighted by atomic mass is 9.74. The number of aliphatic hydroxyl groups excluding tert-OH is 2. The maximum atomic E-state index is 9.76. The predicted molar refractivity (Wildman–Crippen MR) is 79.0 cm³/mol. The third kappa shape index (κ3) is 4.42. The molecule has 1 saturated carbocycles. The summed E-state index contributed by atoms with van der Waals surface area (Å²) in [5, 5.41) is 18.8. The van der Waals surface area contributed by atoms with E-state index in [1.54, 1.807) is 0 Å². The van der Waals surface area contributed by atoms with Crippen molar-refractivity contribution in [3.63, 3.8) is 0 Å². The van der Waals surface area contributed by atoms with Gasteiger partial charge in [0.2, 0.25) is 0 Å². The van der Waals surface area contributed by atoms with Crippen molar-refractivity contribution >= 4 is 0 Å². The van der Waals surface area contributed by atoms with E-state index >= 15 is 0 Å². The third-order valence-corrected chi connectivity index (χ3v) is 4.80. The molecule has 4 nitrogen and oxygen atoms in total. The van der Waals surface area contributed by atoms with Gasteiger partial charge in [0.1, 0.15) is 0 Å².